The summed E-state index contributed by atoms with van der Waals surface area (Å²) in [7, 11) is 6.33. The van der Waals surface area contributed by atoms with E-state index in [4.69, 9.17) is 0 Å². The van der Waals surface area contributed by atoms with Gasteiger partial charge in [0, 0.05) is 15.8 Å². The van der Waals surface area contributed by atoms with E-state index in [1.54, 1.807) is 0 Å². The molecule has 3 heteroatoms. The lowest BCUT2D eigenvalue weighted by Gasteiger charge is -2.17. The molecule has 1 heterocycles. The molecule has 0 saturated heterocycles. The Morgan fingerprint density at radius 1 is 1.31 bits per heavy atom. The van der Waals surface area contributed by atoms with Gasteiger partial charge in [0.15, 0.2) is 0 Å². The fraction of sp³-hybridized carbons (Fsp3) is 0.692. The van der Waals surface area contributed by atoms with Crippen LogP contribution in [0.15, 0.2) is 12.1 Å². The summed E-state index contributed by atoms with van der Waals surface area (Å²) in [6.07, 6.45) is 3.53. The van der Waals surface area contributed by atoms with Crippen molar-refractivity contribution in [3.63, 3.8) is 0 Å². The van der Waals surface area contributed by atoms with Crippen molar-refractivity contribution in [2.24, 2.45) is 0 Å². The number of hydrogen-bond acceptors (Lipinski definition) is 3. The van der Waals surface area contributed by atoms with E-state index < -0.39 is 0 Å². The van der Waals surface area contributed by atoms with E-state index in [1.165, 1.54) is 16.2 Å². The van der Waals surface area contributed by atoms with Crippen LogP contribution in [0.2, 0.25) is 0 Å². The topological polar surface area (TPSA) is 15.3 Å². The van der Waals surface area contributed by atoms with Gasteiger partial charge in [0.1, 0.15) is 0 Å². The van der Waals surface area contributed by atoms with Crippen LogP contribution in [0.5, 0.6) is 0 Å². The number of nitrogens with one attached hydrogen (secondary N) is 1. The minimum absolute atomic E-state index is 0.603. The molecule has 16 heavy (non-hydrogen) atoms. The molecule has 0 saturated carbocycles. The minimum Gasteiger partial charge on any atom is -0.317 e. The summed E-state index contributed by atoms with van der Waals surface area (Å²) in [5, 5.41) is 3.41. The second kappa shape index (κ2) is 7.05. The lowest BCUT2D eigenvalue weighted by atomic mass is 10.1. The van der Waals surface area contributed by atoms with E-state index in [1.807, 2.05) is 11.3 Å². The Kier molecular flexibility index (Phi) is 6.03. The smallest absolute Gasteiger partial charge is 0.0124 e. The monoisotopic (exact) mass is 240 g/mol. The molecular weight excluding hydrogens is 216 g/mol. The molecule has 1 aromatic rings. The third kappa shape index (κ3) is 4.64. The summed E-state index contributed by atoms with van der Waals surface area (Å²) < 4.78 is 0. The first-order chi connectivity index (χ1) is 7.65. The van der Waals surface area contributed by atoms with Crippen molar-refractivity contribution in [3.05, 3.63) is 21.9 Å². The van der Waals surface area contributed by atoms with Gasteiger partial charge in [0.05, 0.1) is 0 Å². The lowest BCUT2D eigenvalue weighted by molar-refractivity contribution is 0.365. The molecule has 0 aliphatic carbocycles. The number of thiophene rings is 1. The van der Waals surface area contributed by atoms with Crippen LogP contribution in [0, 0.1) is 0 Å². The fourth-order valence-corrected chi connectivity index (χ4v) is 2.77. The molecule has 1 rings (SSSR count). The molecule has 1 unspecified atom stereocenters. The number of nitrogens with zero attached hydrogens (tertiary/aromatic N) is 1. The zero-order valence-electron chi connectivity index (χ0n) is 10.9. The largest absolute Gasteiger partial charge is 0.317 e. The second-order valence-corrected chi connectivity index (χ2v) is 5.76. The van der Waals surface area contributed by atoms with Gasteiger partial charge in [-0.3, -0.25) is 0 Å². The maximum atomic E-state index is 3.41. The number of hydrogen-bond donors (Lipinski definition) is 1. The molecule has 1 atom stereocenters. The van der Waals surface area contributed by atoms with Gasteiger partial charge in [-0.1, -0.05) is 6.92 Å². The Bertz CT molecular complexity index is 294. The van der Waals surface area contributed by atoms with Crippen molar-refractivity contribution in [2.75, 3.05) is 27.7 Å². The first kappa shape index (κ1) is 13.7. The highest BCUT2D eigenvalue weighted by molar-refractivity contribution is 7.11. The van der Waals surface area contributed by atoms with Gasteiger partial charge in [-0.05, 0) is 59.1 Å². The van der Waals surface area contributed by atoms with E-state index in [0.29, 0.717) is 6.04 Å². The van der Waals surface area contributed by atoms with Crippen LogP contribution in [-0.4, -0.2) is 38.6 Å². The SMILES string of the molecule is CCc1ccc(CC(CCN(C)C)NC)s1. The molecule has 0 aromatic carbocycles. The molecule has 0 fully saturated rings. The summed E-state index contributed by atoms with van der Waals surface area (Å²) in [5.41, 5.74) is 0. The van der Waals surface area contributed by atoms with Gasteiger partial charge in [-0.15, -0.1) is 11.3 Å². The highest BCUT2D eigenvalue weighted by Crippen LogP contribution is 2.19. The minimum atomic E-state index is 0.603. The van der Waals surface area contributed by atoms with Crippen LogP contribution in [0.4, 0.5) is 0 Å². The summed E-state index contributed by atoms with van der Waals surface area (Å²) in [4.78, 5) is 5.25. The average molecular weight is 240 g/mol. The average Bonchev–Trinajstić information content (AvgIpc) is 2.71. The summed E-state index contributed by atoms with van der Waals surface area (Å²) in [6, 6.07) is 5.15. The van der Waals surface area contributed by atoms with E-state index in [2.05, 4.69) is 50.4 Å². The van der Waals surface area contributed by atoms with Crippen molar-refractivity contribution in [2.45, 2.75) is 32.2 Å². The van der Waals surface area contributed by atoms with Gasteiger partial charge in [0.2, 0.25) is 0 Å². The van der Waals surface area contributed by atoms with Crippen molar-refractivity contribution in [3.8, 4) is 0 Å². The predicted molar refractivity (Wildman–Crippen MR) is 73.4 cm³/mol. The van der Waals surface area contributed by atoms with Crippen molar-refractivity contribution < 1.29 is 0 Å². The van der Waals surface area contributed by atoms with Gasteiger partial charge in [0.25, 0.3) is 0 Å². The fourth-order valence-electron chi connectivity index (χ4n) is 1.73. The summed E-state index contributed by atoms with van der Waals surface area (Å²) in [6.45, 7) is 3.37. The molecule has 0 radical (unpaired) electrons. The zero-order chi connectivity index (χ0) is 12.0. The highest BCUT2D eigenvalue weighted by Gasteiger charge is 2.09. The highest BCUT2D eigenvalue weighted by atomic mass is 32.1. The Morgan fingerprint density at radius 3 is 2.50 bits per heavy atom. The third-order valence-corrected chi connectivity index (χ3v) is 4.10. The van der Waals surface area contributed by atoms with Crippen LogP contribution in [0.3, 0.4) is 0 Å². The molecule has 2 nitrogen and oxygen atoms in total. The normalized spacial score (nSPS) is 13.3. The maximum Gasteiger partial charge on any atom is 0.0124 e. The van der Waals surface area contributed by atoms with Gasteiger partial charge < -0.3 is 10.2 Å². The molecule has 0 spiro atoms. The molecule has 0 bridgehead atoms. The standard InChI is InChI=1S/C13H24N2S/c1-5-12-6-7-13(16-12)10-11(14-2)8-9-15(3)4/h6-7,11,14H,5,8-10H2,1-4H3. The first-order valence-corrected chi connectivity index (χ1v) is 6.87. The number of likely N-dealkylation sites (N-methyl/N-ethyl adjacent to an activating group) is 1. The predicted octanol–water partition coefficient (Wildman–Crippen LogP) is 2.39. The Labute approximate surface area is 104 Å². The maximum absolute atomic E-state index is 3.41. The van der Waals surface area contributed by atoms with Crippen LogP contribution in [-0.2, 0) is 12.8 Å². The summed E-state index contributed by atoms with van der Waals surface area (Å²) >= 11 is 1.96. The molecular formula is C13H24N2S. The number of aryl methyl sites for hydroxylation is 1. The van der Waals surface area contributed by atoms with Gasteiger partial charge in [-0.2, -0.15) is 0 Å². The molecule has 1 N–H and O–H groups in total. The summed E-state index contributed by atoms with van der Waals surface area (Å²) in [5.74, 6) is 0. The van der Waals surface area contributed by atoms with E-state index in [9.17, 15) is 0 Å². The molecule has 0 amide bonds. The lowest BCUT2D eigenvalue weighted by Crippen LogP contribution is -2.31. The van der Waals surface area contributed by atoms with E-state index in [-0.39, 0.29) is 0 Å². The Morgan fingerprint density at radius 2 is 2.00 bits per heavy atom. The van der Waals surface area contributed by atoms with Gasteiger partial charge in [-0.25, -0.2) is 0 Å². The first-order valence-electron chi connectivity index (χ1n) is 6.05. The van der Waals surface area contributed by atoms with Crippen molar-refractivity contribution in [1.29, 1.82) is 0 Å². The number of rotatable bonds is 7. The second-order valence-electron chi connectivity index (χ2n) is 4.50. The third-order valence-electron chi connectivity index (χ3n) is 2.85. The van der Waals surface area contributed by atoms with Crippen molar-refractivity contribution >= 4 is 11.3 Å². The van der Waals surface area contributed by atoms with Crippen LogP contribution >= 0.6 is 11.3 Å². The van der Waals surface area contributed by atoms with Gasteiger partial charge >= 0.3 is 0 Å². The van der Waals surface area contributed by atoms with E-state index >= 15 is 0 Å². The zero-order valence-corrected chi connectivity index (χ0v) is 11.7. The van der Waals surface area contributed by atoms with E-state index in [0.717, 1.165) is 19.4 Å². The van der Waals surface area contributed by atoms with Crippen LogP contribution in [0.1, 0.15) is 23.1 Å². The van der Waals surface area contributed by atoms with Crippen molar-refractivity contribution in [1.82, 2.24) is 10.2 Å². The molecule has 92 valence electrons. The Balaban J connectivity index is 2.42. The van der Waals surface area contributed by atoms with Crippen LogP contribution < -0.4 is 5.32 Å². The quantitative estimate of drug-likeness (QED) is 0.787. The Hall–Kier alpha value is -0.380. The molecule has 0 aliphatic rings. The molecule has 0 aliphatic heterocycles. The molecule has 1 aromatic heterocycles. The van der Waals surface area contributed by atoms with Crippen LogP contribution in [0.25, 0.3) is 0 Å².